The van der Waals surface area contributed by atoms with Crippen LogP contribution in [0.25, 0.3) is 0 Å². The Morgan fingerprint density at radius 1 is 1.22 bits per heavy atom. The molecule has 0 bridgehead atoms. The predicted molar refractivity (Wildman–Crippen MR) is 63.8 cm³/mol. The van der Waals surface area contributed by atoms with Crippen molar-refractivity contribution in [2.24, 2.45) is 0 Å². The van der Waals surface area contributed by atoms with E-state index in [0.717, 1.165) is 11.3 Å². The maximum atomic E-state index is 12.3. The Balaban J connectivity index is 3.38. The lowest BCUT2D eigenvalue weighted by Gasteiger charge is -2.17. The molecule has 0 aliphatic carbocycles. The van der Waals surface area contributed by atoms with Crippen molar-refractivity contribution in [1.29, 1.82) is 5.26 Å². The summed E-state index contributed by atoms with van der Waals surface area (Å²) in [5.74, 6) is 0.0957. The molecule has 0 spiro atoms. The number of halogens is 2. The first kappa shape index (κ1) is 14.4. The van der Waals surface area contributed by atoms with E-state index < -0.39 is 6.61 Å². The molecule has 0 fully saturated rings. The lowest BCUT2D eigenvalue weighted by Crippen LogP contribution is -2.09. The van der Waals surface area contributed by atoms with Gasteiger partial charge in [-0.2, -0.15) is 14.0 Å². The molecule has 1 heterocycles. The summed E-state index contributed by atoms with van der Waals surface area (Å²) in [6, 6.07) is 3.29. The Morgan fingerprint density at radius 2 is 1.83 bits per heavy atom. The largest absolute Gasteiger partial charge is 0.432 e. The van der Waals surface area contributed by atoms with Crippen LogP contribution in [0.1, 0.15) is 56.5 Å². The van der Waals surface area contributed by atoms with Crippen LogP contribution in [-0.2, 0) is 0 Å². The molecule has 0 aliphatic rings. The fourth-order valence-electron chi connectivity index (χ4n) is 1.71. The van der Waals surface area contributed by atoms with Crippen LogP contribution >= 0.6 is 0 Å². The Labute approximate surface area is 105 Å². The van der Waals surface area contributed by atoms with Crippen LogP contribution in [0.3, 0.4) is 0 Å². The smallest absolute Gasteiger partial charge is 0.387 e. The molecule has 0 radical (unpaired) electrons. The highest BCUT2D eigenvalue weighted by atomic mass is 19.3. The lowest BCUT2D eigenvalue weighted by molar-refractivity contribution is -0.0503. The normalized spacial score (nSPS) is 11.1. The Kier molecular flexibility index (Phi) is 4.60. The molecule has 5 heteroatoms. The summed E-state index contributed by atoms with van der Waals surface area (Å²) in [5.41, 5.74) is 1.49. The summed E-state index contributed by atoms with van der Waals surface area (Å²) in [6.45, 7) is 4.83. The first-order valence-electron chi connectivity index (χ1n) is 5.76. The first-order valence-corrected chi connectivity index (χ1v) is 5.76. The van der Waals surface area contributed by atoms with E-state index in [0.29, 0.717) is 0 Å². The van der Waals surface area contributed by atoms with Gasteiger partial charge in [-0.15, -0.1) is 0 Å². The van der Waals surface area contributed by atoms with Gasteiger partial charge >= 0.3 is 6.61 Å². The summed E-state index contributed by atoms with van der Waals surface area (Å²) in [6.07, 6.45) is 0. The van der Waals surface area contributed by atoms with E-state index in [1.54, 1.807) is 6.07 Å². The van der Waals surface area contributed by atoms with Gasteiger partial charge in [0, 0.05) is 5.69 Å². The summed E-state index contributed by atoms with van der Waals surface area (Å²) in [7, 11) is 0. The maximum absolute atomic E-state index is 12.3. The van der Waals surface area contributed by atoms with E-state index in [2.05, 4.69) is 9.72 Å². The topological polar surface area (TPSA) is 45.9 Å². The van der Waals surface area contributed by atoms with E-state index in [4.69, 9.17) is 5.26 Å². The van der Waals surface area contributed by atoms with Crippen molar-refractivity contribution in [3.8, 4) is 11.8 Å². The summed E-state index contributed by atoms with van der Waals surface area (Å²) in [4.78, 5) is 4.15. The molecule has 0 aliphatic heterocycles. The molecule has 1 aromatic rings. The lowest BCUT2D eigenvalue weighted by atomic mass is 9.95. The predicted octanol–water partition coefficient (Wildman–Crippen LogP) is 3.80. The number of hydrogen-bond acceptors (Lipinski definition) is 3. The van der Waals surface area contributed by atoms with E-state index >= 15 is 0 Å². The molecule has 1 rings (SSSR count). The molecule has 0 N–H and O–H groups in total. The number of pyridine rings is 1. The fraction of sp³-hybridized carbons (Fsp3) is 0.538. The minimum atomic E-state index is -2.95. The van der Waals surface area contributed by atoms with Gasteiger partial charge in [0.1, 0.15) is 6.07 Å². The molecule has 0 aromatic carbocycles. The molecular weight excluding hydrogens is 238 g/mol. The number of hydrogen-bond donors (Lipinski definition) is 0. The van der Waals surface area contributed by atoms with E-state index in [1.807, 2.05) is 27.7 Å². The van der Waals surface area contributed by atoms with Crippen LogP contribution in [0.4, 0.5) is 8.78 Å². The zero-order valence-electron chi connectivity index (χ0n) is 10.9. The van der Waals surface area contributed by atoms with Gasteiger partial charge in [-0.1, -0.05) is 27.7 Å². The van der Waals surface area contributed by atoms with E-state index in [1.165, 1.54) is 6.07 Å². The zero-order chi connectivity index (χ0) is 13.9. The van der Waals surface area contributed by atoms with E-state index in [-0.39, 0.29) is 23.3 Å². The molecule has 0 saturated heterocycles. The second kappa shape index (κ2) is 5.76. The van der Waals surface area contributed by atoms with Crippen molar-refractivity contribution in [3.05, 3.63) is 23.0 Å². The third-order valence-corrected chi connectivity index (χ3v) is 2.54. The van der Waals surface area contributed by atoms with Crippen molar-refractivity contribution >= 4 is 0 Å². The highest BCUT2D eigenvalue weighted by Crippen LogP contribution is 2.30. The van der Waals surface area contributed by atoms with Crippen LogP contribution in [0.5, 0.6) is 5.75 Å². The zero-order valence-corrected chi connectivity index (χ0v) is 10.9. The van der Waals surface area contributed by atoms with Crippen molar-refractivity contribution in [2.45, 2.75) is 46.1 Å². The molecule has 0 amide bonds. The Hall–Kier alpha value is -1.70. The molecule has 3 nitrogen and oxygen atoms in total. The molecular formula is C13H16F2N2O. The van der Waals surface area contributed by atoms with Gasteiger partial charge in [0.05, 0.1) is 0 Å². The molecule has 0 saturated carbocycles. The van der Waals surface area contributed by atoms with Gasteiger partial charge in [-0.3, -0.25) is 0 Å². The number of nitrogens with zero attached hydrogens (tertiary/aromatic N) is 2. The van der Waals surface area contributed by atoms with Crippen LogP contribution in [0.2, 0.25) is 0 Å². The molecule has 0 atom stereocenters. The molecule has 18 heavy (non-hydrogen) atoms. The van der Waals surface area contributed by atoms with E-state index in [9.17, 15) is 8.78 Å². The van der Waals surface area contributed by atoms with Crippen molar-refractivity contribution < 1.29 is 13.5 Å². The number of rotatable bonds is 4. The second-order valence-electron chi connectivity index (χ2n) is 4.61. The average Bonchev–Trinajstić information content (AvgIpc) is 2.27. The minimum Gasteiger partial charge on any atom is -0.432 e. The van der Waals surface area contributed by atoms with Crippen LogP contribution < -0.4 is 4.74 Å². The number of ether oxygens (including phenoxy) is 1. The van der Waals surface area contributed by atoms with Crippen molar-refractivity contribution in [3.63, 3.8) is 0 Å². The summed E-state index contributed by atoms with van der Waals surface area (Å²) < 4.78 is 28.9. The molecule has 98 valence electrons. The van der Waals surface area contributed by atoms with Gasteiger partial charge in [-0.05, 0) is 23.5 Å². The van der Waals surface area contributed by atoms with Gasteiger partial charge in [0.15, 0.2) is 11.4 Å². The Bertz CT molecular complexity index is 465. The number of aromatic nitrogens is 1. The molecule has 1 aromatic heterocycles. The minimum absolute atomic E-state index is 0.0941. The van der Waals surface area contributed by atoms with Crippen molar-refractivity contribution in [2.75, 3.05) is 0 Å². The fourth-order valence-corrected chi connectivity index (χ4v) is 1.71. The molecule has 0 unspecified atom stereocenters. The summed E-state index contributed by atoms with van der Waals surface area (Å²) in [5, 5.41) is 8.93. The third-order valence-electron chi connectivity index (χ3n) is 2.54. The third kappa shape index (κ3) is 3.16. The van der Waals surface area contributed by atoms with Crippen LogP contribution in [-0.4, -0.2) is 11.6 Å². The number of nitriles is 1. The Morgan fingerprint density at radius 3 is 2.22 bits per heavy atom. The standard InChI is InChI=1S/C13H16F2N2O/c1-7(2)9-5-11(18-13(14)15)10(6-16)17-12(9)8(3)4/h5,7-8,13H,1-4H3. The van der Waals surface area contributed by atoms with Gasteiger partial charge < -0.3 is 4.74 Å². The highest BCUT2D eigenvalue weighted by molar-refractivity contribution is 5.44. The highest BCUT2D eigenvalue weighted by Gasteiger charge is 2.19. The second-order valence-corrected chi connectivity index (χ2v) is 4.61. The monoisotopic (exact) mass is 254 g/mol. The van der Waals surface area contributed by atoms with Gasteiger partial charge in [0.2, 0.25) is 0 Å². The van der Waals surface area contributed by atoms with Crippen LogP contribution in [0, 0.1) is 11.3 Å². The first-order chi connectivity index (χ1) is 8.36. The quantitative estimate of drug-likeness (QED) is 0.820. The number of alkyl halides is 2. The van der Waals surface area contributed by atoms with Gasteiger partial charge in [0.25, 0.3) is 0 Å². The maximum Gasteiger partial charge on any atom is 0.387 e. The van der Waals surface area contributed by atoms with Crippen molar-refractivity contribution in [1.82, 2.24) is 4.98 Å². The summed E-state index contributed by atoms with van der Waals surface area (Å²) >= 11 is 0. The average molecular weight is 254 g/mol. The van der Waals surface area contributed by atoms with Crippen LogP contribution in [0.15, 0.2) is 6.07 Å². The van der Waals surface area contributed by atoms with Gasteiger partial charge in [-0.25, -0.2) is 4.98 Å². The SMILES string of the molecule is CC(C)c1cc(OC(F)F)c(C#N)nc1C(C)C.